The normalized spacial score (nSPS) is 19.1. The first-order chi connectivity index (χ1) is 13.1. The van der Waals surface area contributed by atoms with E-state index >= 15 is 0 Å². The van der Waals surface area contributed by atoms with Gasteiger partial charge in [-0.2, -0.15) is 0 Å². The summed E-state index contributed by atoms with van der Waals surface area (Å²) in [4.78, 5) is 18.5. The average molecular weight is 360 g/mol. The molecular weight excluding hydrogens is 336 g/mol. The van der Waals surface area contributed by atoms with Crippen LogP contribution >= 0.6 is 0 Å². The predicted molar refractivity (Wildman–Crippen MR) is 107 cm³/mol. The van der Waals surface area contributed by atoms with Crippen LogP contribution in [-0.2, 0) is 4.79 Å². The van der Waals surface area contributed by atoms with Crippen LogP contribution in [0.5, 0.6) is 0 Å². The van der Waals surface area contributed by atoms with E-state index in [1.165, 1.54) is 10.8 Å². The number of nitrogens with zero attached hydrogens (tertiary/aromatic N) is 2. The number of aryl methyl sites for hydroxylation is 1. The number of pyridine rings is 1. The zero-order valence-corrected chi connectivity index (χ0v) is 15.5. The fourth-order valence-electron chi connectivity index (χ4n) is 4.03. The number of hydrogen-bond acceptors (Lipinski definition) is 3. The summed E-state index contributed by atoms with van der Waals surface area (Å²) < 4.78 is 0. The monoisotopic (exact) mass is 360 g/mol. The van der Waals surface area contributed by atoms with Gasteiger partial charge in [-0.05, 0) is 60.3 Å². The minimum absolute atomic E-state index is 0.0302. The third-order valence-electron chi connectivity index (χ3n) is 5.47. The van der Waals surface area contributed by atoms with Crippen LogP contribution in [-0.4, -0.2) is 34.0 Å². The lowest BCUT2D eigenvalue weighted by atomic mass is 9.92. The van der Waals surface area contributed by atoms with Crippen molar-refractivity contribution in [3.8, 4) is 0 Å². The molecule has 2 aromatic carbocycles. The van der Waals surface area contributed by atoms with Gasteiger partial charge in [-0.3, -0.25) is 14.7 Å². The number of carboxylic acid groups (broad SMARTS) is 1. The maximum atomic E-state index is 11.6. The summed E-state index contributed by atoms with van der Waals surface area (Å²) in [5.74, 6) is -1.01. The van der Waals surface area contributed by atoms with Crippen LogP contribution in [0.1, 0.15) is 35.7 Å². The van der Waals surface area contributed by atoms with Crippen molar-refractivity contribution in [3.63, 3.8) is 0 Å². The highest BCUT2D eigenvalue weighted by molar-refractivity contribution is 5.83. The standard InChI is InChI=1S/C23H24N2O2/c1-16-8-11-21(24-14-16)22(25-12-4-7-20(15-25)23(26)27)19-10-9-17-5-2-3-6-18(17)13-19/h2-3,5-6,8-11,13-14,20,22H,4,7,12,15H2,1H3,(H,26,27). The molecule has 3 aromatic rings. The third kappa shape index (κ3) is 3.71. The highest BCUT2D eigenvalue weighted by Crippen LogP contribution is 2.33. The summed E-state index contributed by atoms with van der Waals surface area (Å²) in [5, 5.41) is 11.9. The molecule has 1 N–H and O–H groups in total. The second-order valence-electron chi connectivity index (χ2n) is 7.44. The molecule has 138 valence electrons. The molecule has 4 nitrogen and oxygen atoms in total. The molecule has 4 rings (SSSR count). The Morgan fingerprint density at radius 3 is 2.70 bits per heavy atom. The fraction of sp³-hybridized carbons (Fsp3) is 0.304. The Morgan fingerprint density at radius 1 is 1.15 bits per heavy atom. The van der Waals surface area contributed by atoms with Gasteiger partial charge in [-0.15, -0.1) is 0 Å². The summed E-state index contributed by atoms with van der Waals surface area (Å²) in [7, 11) is 0. The van der Waals surface area contributed by atoms with E-state index in [-0.39, 0.29) is 12.0 Å². The number of carboxylic acids is 1. The fourth-order valence-corrected chi connectivity index (χ4v) is 4.03. The van der Waals surface area contributed by atoms with Crippen molar-refractivity contribution in [2.75, 3.05) is 13.1 Å². The first-order valence-electron chi connectivity index (χ1n) is 9.50. The molecule has 2 heterocycles. The number of likely N-dealkylation sites (tertiary alicyclic amines) is 1. The second-order valence-corrected chi connectivity index (χ2v) is 7.44. The van der Waals surface area contributed by atoms with E-state index in [0.717, 1.165) is 36.2 Å². The number of fused-ring (bicyclic) bond motifs is 1. The Morgan fingerprint density at radius 2 is 1.96 bits per heavy atom. The average Bonchev–Trinajstić information content (AvgIpc) is 2.70. The van der Waals surface area contributed by atoms with Gasteiger partial charge in [-0.25, -0.2) is 0 Å². The lowest BCUT2D eigenvalue weighted by molar-refractivity contribution is -0.143. The Balaban J connectivity index is 1.77. The van der Waals surface area contributed by atoms with Gasteiger partial charge >= 0.3 is 5.97 Å². The highest BCUT2D eigenvalue weighted by Gasteiger charge is 2.31. The molecule has 0 aliphatic carbocycles. The third-order valence-corrected chi connectivity index (χ3v) is 5.47. The quantitative estimate of drug-likeness (QED) is 0.748. The Kier molecular flexibility index (Phi) is 4.90. The molecule has 4 heteroatoms. The van der Waals surface area contributed by atoms with Crippen LogP contribution in [0.15, 0.2) is 60.8 Å². The largest absolute Gasteiger partial charge is 0.481 e. The van der Waals surface area contributed by atoms with Crippen LogP contribution in [0, 0.1) is 12.8 Å². The van der Waals surface area contributed by atoms with E-state index in [1.54, 1.807) is 0 Å². The Labute approximate surface area is 159 Å². The van der Waals surface area contributed by atoms with Gasteiger partial charge in [0, 0.05) is 12.7 Å². The van der Waals surface area contributed by atoms with Gasteiger partial charge in [0.15, 0.2) is 0 Å². The van der Waals surface area contributed by atoms with Crippen molar-refractivity contribution in [1.29, 1.82) is 0 Å². The van der Waals surface area contributed by atoms with Gasteiger partial charge in [0.2, 0.25) is 0 Å². The van der Waals surface area contributed by atoms with Crippen LogP contribution < -0.4 is 0 Å². The molecule has 1 saturated heterocycles. The zero-order valence-electron chi connectivity index (χ0n) is 15.5. The molecule has 2 atom stereocenters. The van der Waals surface area contributed by atoms with Crippen LogP contribution in [0.2, 0.25) is 0 Å². The Bertz CT molecular complexity index is 952. The summed E-state index contributed by atoms with van der Waals surface area (Å²) in [6, 6.07) is 18.9. The van der Waals surface area contributed by atoms with E-state index in [9.17, 15) is 9.90 Å². The summed E-state index contributed by atoms with van der Waals surface area (Å²) >= 11 is 0. The molecule has 0 bridgehead atoms. The number of carbonyl (C=O) groups is 1. The van der Waals surface area contributed by atoms with E-state index in [4.69, 9.17) is 4.98 Å². The van der Waals surface area contributed by atoms with Crippen molar-refractivity contribution in [2.45, 2.75) is 25.8 Å². The number of benzene rings is 2. The highest BCUT2D eigenvalue weighted by atomic mass is 16.4. The van der Waals surface area contributed by atoms with Crippen molar-refractivity contribution in [2.24, 2.45) is 5.92 Å². The molecule has 1 aliphatic heterocycles. The van der Waals surface area contributed by atoms with Crippen LogP contribution in [0.3, 0.4) is 0 Å². The zero-order chi connectivity index (χ0) is 18.8. The lowest BCUT2D eigenvalue weighted by Crippen LogP contribution is -2.41. The first-order valence-corrected chi connectivity index (χ1v) is 9.50. The van der Waals surface area contributed by atoms with Crippen LogP contribution in [0.4, 0.5) is 0 Å². The number of aliphatic carboxylic acids is 1. The van der Waals surface area contributed by atoms with Gasteiger partial charge in [0.1, 0.15) is 0 Å². The summed E-state index contributed by atoms with van der Waals surface area (Å²) in [5.41, 5.74) is 3.26. The molecule has 0 radical (unpaired) electrons. The van der Waals surface area contributed by atoms with E-state index < -0.39 is 5.97 Å². The number of piperidine rings is 1. The van der Waals surface area contributed by atoms with E-state index in [2.05, 4.69) is 47.4 Å². The van der Waals surface area contributed by atoms with Crippen molar-refractivity contribution in [1.82, 2.24) is 9.88 Å². The van der Waals surface area contributed by atoms with Gasteiger partial charge in [-0.1, -0.05) is 42.5 Å². The Hall–Kier alpha value is -2.72. The molecule has 2 unspecified atom stereocenters. The molecule has 0 spiro atoms. The lowest BCUT2D eigenvalue weighted by Gasteiger charge is -2.37. The van der Waals surface area contributed by atoms with Gasteiger partial charge in [0.05, 0.1) is 17.7 Å². The maximum absolute atomic E-state index is 11.6. The molecule has 27 heavy (non-hydrogen) atoms. The predicted octanol–water partition coefficient (Wildman–Crippen LogP) is 4.43. The van der Waals surface area contributed by atoms with Gasteiger partial charge in [0.25, 0.3) is 0 Å². The van der Waals surface area contributed by atoms with Gasteiger partial charge < -0.3 is 5.11 Å². The summed E-state index contributed by atoms with van der Waals surface area (Å²) in [6.45, 7) is 3.47. The van der Waals surface area contributed by atoms with Crippen molar-refractivity contribution < 1.29 is 9.90 Å². The SMILES string of the molecule is Cc1ccc(C(c2ccc3ccccc3c2)N2CCCC(C(=O)O)C2)nc1. The van der Waals surface area contributed by atoms with E-state index in [0.29, 0.717) is 6.54 Å². The second kappa shape index (κ2) is 7.49. The molecule has 1 aliphatic rings. The smallest absolute Gasteiger partial charge is 0.307 e. The molecule has 1 aromatic heterocycles. The van der Waals surface area contributed by atoms with E-state index in [1.807, 2.05) is 25.3 Å². The molecule has 1 fully saturated rings. The molecule has 0 amide bonds. The minimum Gasteiger partial charge on any atom is -0.481 e. The maximum Gasteiger partial charge on any atom is 0.307 e. The topological polar surface area (TPSA) is 53.4 Å². The number of hydrogen-bond donors (Lipinski definition) is 1. The van der Waals surface area contributed by atoms with Crippen molar-refractivity contribution in [3.05, 3.63) is 77.6 Å². The minimum atomic E-state index is -0.700. The number of aromatic nitrogens is 1. The molecular formula is C23H24N2O2. The first kappa shape index (κ1) is 17.7. The number of rotatable bonds is 4. The molecule has 0 saturated carbocycles. The van der Waals surface area contributed by atoms with Crippen molar-refractivity contribution >= 4 is 16.7 Å². The summed E-state index contributed by atoms with van der Waals surface area (Å²) in [6.07, 6.45) is 3.53. The van der Waals surface area contributed by atoms with Crippen LogP contribution in [0.25, 0.3) is 10.8 Å².